The first-order valence-corrected chi connectivity index (χ1v) is 13.6. The van der Waals surface area contributed by atoms with Crippen molar-refractivity contribution in [3.8, 4) is 0 Å². The number of nitrogens with one attached hydrogen (secondary N) is 1. The number of carbonyl (C=O) groups excluding carboxylic acids is 2. The minimum Gasteiger partial charge on any atom is -0.393 e. The van der Waals surface area contributed by atoms with E-state index >= 15 is 0 Å². The standard InChI is InChI=1S/C32H32ClN3O3/c1-35-15-12-25(21-35)32(39)19-22-2-7-26(8-3-22)34-30-11-4-23(18-29(30)33)20-31(38)24-5-9-27(10-6-24)36-16-13-28(37)14-17-36/h2-12,15,18,21,28,34,37H,13-14,16-17,19-20H2,1H3. The molecule has 0 bridgehead atoms. The monoisotopic (exact) mass is 541 g/mol. The summed E-state index contributed by atoms with van der Waals surface area (Å²) in [6, 6.07) is 22.9. The SMILES string of the molecule is Cn1ccc(C(=O)Cc2ccc(Nc3ccc(CC(=O)c4ccc(N5CCC(O)CC5)cc4)cc3Cl)cc2)c1. The maximum atomic E-state index is 12.9. The third-order valence-corrected chi connectivity index (χ3v) is 7.48. The van der Waals surface area contributed by atoms with Gasteiger partial charge in [0.15, 0.2) is 11.6 Å². The lowest BCUT2D eigenvalue weighted by atomic mass is 10.0. The third kappa shape index (κ3) is 6.77. The average molecular weight is 542 g/mol. The largest absolute Gasteiger partial charge is 0.393 e. The Labute approximate surface area is 233 Å². The highest BCUT2D eigenvalue weighted by Gasteiger charge is 2.18. The van der Waals surface area contributed by atoms with E-state index in [1.807, 2.05) is 96.8 Å². The van der Waals surface area contributed by atoms with Gasteiger partial charge in [-0.05, 0) is 78.6 Å². The number of aliphatic hydroxyl groups excluding tert-OH is 1. The van der Waals surface area contributed by atoms with Gasteiger partial charge in [-0.1, -0.05) is 29.8 Å². The Hall–Kier alpha value is -3.87. The number of ketones is 2. The van der Waals surface area contributed by atoms with Crippen LogP contribution in [-0.4, -0.2) is 40.4 Å². The molecule has 0 aliphatic carbocycles. The molecule has 3 aromatic carbocycles. The molecule has 1 saturated heterocycles. The number of nitrogens with zero attached hydrogens (tertiary/aromatic N) is 2. The molecule has 5 rings (SSSR count). The van der Waals surface area contributed by atoms with Gasteiger partial charge < -0.3 is 19.9 Å². The maximum Gasteiger partial charge on any atom is 0.168 e. The Bertz CT molecular complexity index is 1450. The zero-order chi connectivity index (χ0) is 27.4. The lowest BCUT2D eigenvalue weighted by Gasteiger charge is -2.31. The number of Topliss-reactive ketones (excluding diaryl/α,β-unsaturated/α-hetero) is 2. The summed E-state index contributed by atoms with van der Waals surface area (Å²) in [4.78, 5) is 27.6. The normalized spacial score (nSPS) is 13.9. The molecule has 6 nitrogen and oxygen atoms in total. The lowest BCUT2D eigenvalue weighted by molar-refractivity contribution is 0.0985. The van der Waals surface area contributed by atoms with Gasteiger partial charge in [-0.15, -0.1) is 0 Å². The molecule has 0 amide bonds. The number of hydrogen-bond acceptors (Lipinski definition) is 5. The highest BCUT2D eigenvalue weighted by Crippen LogP contribution is 2.28. The zero-order valence-corrected chi connectivity index (χ0v) is 22.7. The van der Waals surface area contributed by atoms with E-state index in [0.717, 1.165) is 54.1 Å². The average Bonchev–Trinajstić information content (AvgIpc) is 3.38. The van der Waals surface area contributed by atoms with Crippen molar-refractivity contribution in [3.63, 3.8) is 0 Å². The molecule has 0 unspecified atom stereocenters. The molecule has 1 fully saturated rings. The zero-order valence-electron chi connectivity index (χ0n) is 21.9. The Balaban J connectivity index is 1.16. The summed E-state index contributed by atoms with van der Waals surface area (Å²) < 4.78 is 1.87. The van der Waals surface area contributed by atoms with Crippen LogP contribution in [0.1, 0.15) is 44.7 Å². The number of aromatic nitrogens is 1. The van der Waals surface area contributed by atoms with Gasteiger partial charge in [-0.25, -0.2) is 0 Å². The fourth-order valence-corrected chi connectivity index (χ4v) is 5.11. The number of anilines is 3. The maximum absolute atomic E-state index is 12.9. The molecule has 4 aromatic rings. The van der Waals surface area contributed by atoms with Crippen LogP contribution in [0.2, 0.25) is 5.02 Å². The molecular formula is C32H32ClN3O3. The van der Waals surface area contributed by atoms with Gasteiger partial charge in [-0.3, -0.25) is 9.59 Å². The summed E-state index contributed by atoms with van der Waals surface area (Å²) in [5, 5.41) is 13.6. The second kappa shape index (κ2) is 11.9. The van der Waals surface area contributed by atoms with Crippen molar-refractivity contribution in [1.29, 1.82) is 0 Å². The first kappa shape index (κ1) is 26.7. The van der Waals surface area contributed by atoms with Crippen LogP contribution < -0.4 is 10.2 Å². The third-order valence-electron chi connectivity index (χ3n) is 7.17. The number of hydrogen-bond donors (Lipinski definition) is 2. The molecular weight excluding hydrogens is 510 g/mol. The molecule has 0 saturated carbocycles. The van der Waals surface area contributed by atoms with E-state index in [2.05, 4.69) is 10.2 Å². The van der Waals surface area contributed by atoms with Crippen molar-refractivity contribution in [3.05, 3.63) is 112 Å². The van der Waals surface area contributed by atoms with Gasteiger partial charge >= 0.3 is 0 Å². The molecule has 1 aliphatic rings. The van der Waals surface area contributed by atoms with Gasteiger partial charge in [0, 0.05) is 67.9 Å². The highest BCUT2D eigenvalue weighted by atomic mass is 35.5. The number of carbonyl (C=O) groups is 2. The van der Waals surface area contributed by atoms with E-state index in [4.69, 9.17) is 11.6 Å². The van der Waals surface area contributed by atoms with Crippen LogP contribution in [0.5, 0.6) is 0 Å². The van der Waals surface area contributed by atoms with Gasteiger partial charge in [0.25, 0.3) is 0 Å². The van der Waals surface area contributed by atoms with Gasteiger partial charge in [0.2, 0.25) is 0 Å². The van der Waals surface area contributed by atoms with E-state index in [-0.39, 0.29) is 24.1 Å². The van der Waals surface area contributed by atoms with Crippen LogP contribution in [0.3, 0.4) is 0 Å². The van der Waals surface area contributed by atoms with Gasteiger partial charge in [0.1, 0.15) is 0 Å². The van der Waals surface area contributed by atoms with Crippen LogP contribution in [0, 0.1) is 0 Å². The summed E-state index contributed by atoms with van der Waals surface area (Å²) in [5.74, 6) is 0.121. The summed E-state index contributed by atoms with van der Waals surface area (Å²) >= 11 is 6.55. The lowest BCUT2D eigenvalue weighted by Crippen LogP contribution is -2.35. The van der Waals surface area contributed by atoms with Crippen LogP contribution >= 0.6 is 11.6 Å². The predicted octanol–water partition coefficient (Wildman–Crippen LogP) is 6.23. The highest BCUT2D eigenvalue weighted by molar-refractivity contribution is 6.33. The Kier molecular flexibility index (Phi) is 8.15. The Morgan fingerprint density at radius 1 is 0.872 bits per heavy atom. The topological polar surface area (TPSA) is 74.6 Å². The second-order valence-corrected chi connectivity index (χ2v) is 10.6. The fraction of sp³-hybridized carbons (Fsp3) is 0.250. The molecule has 1 aromatic heterocycles. The molecule has 1 aliphatic heterocycles. The van der Waals surface area contributed by atoms with Crippen molar-refractivity contribution < 1.29 is 14.7 Å². The molecule has 0 atom stereocenters. The molecule has 2 N–H and O–H groups in total. The number of rotatable bonds is 9. The van der Waals surface area contributed by atoms with E-state index in [9.17, 15) is 14.7 Å². The number of halogens is 1. The van der Waals surface area contributed by atoms with E-state index in [1.54, 1.807) is 0 Å². The predicted molar refractivity (Wildman–Crippen MR) is 157 cm³/mol. The van der Waals surface area contributed by atoms with Crippen LogP contribution in [0.25, 0.3) is 0 Å². The van der Waals surface area contributed by atoms with Crippen LogP contribution in [-0.2, 0) is 19.9 Å². The molecule has 0 radical (unpaired) electrons. The first-order valence-electron chi connectivity index (χ1n) is 13.2. The number of aryl methyl sites for hydroxylation is 1. The minimum atomic E-state index is -0.210. The Morgan fingerprint density at radius 2 is 1.51 bits per heavy atom. The summed E-state index contributed by atoms with van der Waals surface area (Å²) in [6.07, 6.45) is 5.64. The molecule has 2 heterocycles. The van der Waals surface area contributed by atoms with Crippen molar-refractivity contribution in [2.45, 2.75) is 31.8 Å². The van der Waals surface area contributed by atoms with Crippen molar-refractivity contribution in [2.75, 3.05) is 23.3 Å². The van der Waals surface area contributed by atoms with E-state index in [0.29, 0.717) is 22.6 Å². The summed E-state index contributed by atoms with van der Waals surface area (Å²) in [7, 11) is 1.90. The smallest absolute Gasteiger partial charge is 0.168 e. The molecule has 39 heavy (non-hydrogen) atoms. The number of aliphatic hydroxyl groups is 1. The quantitative estimate of drug-likeness (QED) is 0.246. The molecule has 7 heteroatoms. The second-order valence-electron chi connectivity index (χ2n) is 10.2. The molecule has 0 spiro atoms. The Morgan fingerprint density at radius 3 is 2.15 bits per heavy atom. The van der Waals surface area contributed by atoms with E-state index in [1.165, 1.54) is 0 Å². The first-order chi connectivity index (χ1) is 18.8. The number of benzene rings is 3. The fourth-order valence-electron chi connectivity index (χ4n) is 4.86. The van der Waals surface area contributed by atoms with Gasteiger partial charge in [-0.2, -0.15) is 0 Å². The van der Waals surface area contributed by atoms with E-state index < -0.39 is 0 Å². The van der Waals surface area contributed by atoms with Crippen molar-refractivity contribution in [1.82, 2.24) is 4.57 Å². The van der Waals surface area contributed by atoms with Crippen LogP contribution in [0.15, 0.2) is 85.2 Å². The van der Waals surface area contributed by atoms with Crippen molar-refractivity contribution >= 4 is 40.2 Å². The van der Waals surface area contributed by atoms with Crippen molar-refractivity contribution in [2.24, 2.45) is 7.05 Å². The number of piperidine rings is 1. The minimum absolute atomic E-state index is 0.0352. The van der Waals surface area contributed by atoms with Crippen LogP contribution in [0.4, 0.5) is 17.1 Å². The molecule has 200 valence electrons. The van der Waals surface area contributed by atoms with Gasteiger partial charge in [0.05, 0.1) is 16.8 Å². The summed E-state index contributed by atoms with van der Waals surface area (Å²) in [6.45, 7) is 1.65. The summed E-state index contributed by atoms with van der Waals surface area (Å²) in [5.41, 5.74) is 5.85.